The van der Waals surface area contributed by atoms with Gasteiger partial charge in [-0.25, -0.2) is 0 Å². The molecule has 0 aromatic heterocycles. The normalized spacial score (nSPS) is 19.7. The number of nitrogens with zero attached hydrogens (tertiary/aromatic N) is 1. The van der Waals surface area contributed by atoms with E-state index in [0.717, 1.165) is 18.5 Å². The minimum absolute atomic E-state index is 0.0490. The summed E-state index contributed by atoms with van der Waals surface area (Å²) >= 11 is 0. The standard InChI is InChI=1S/C15H17NO3/c17-13(10-15(14(18)19)7-3-8-15)16-9-6-11-4-1-2-5-12(11)16/h1-2,4-5H,3,6-10H2,(H,18,19). The molecule has 1 aromatic carbocycles. The second-order valence-corrected chi connectivity index (χ2v) is 5.54. The van der Waals surface area contributed by atoms with E-state index in [0.29, 0.717) is 19.4 Å². The molecule has 0 radical (unpaired) electrons. The summed E-state index contributed by atoms with van der Waals surface area (Å²) in [5.74, 6) is -0.869. The van der Waals surface area contributed by atoms with E-state index in [1.165, 1.54) is 5.56 Å². The summed E-state index contributed by atoms with van der Waals surface area (Å²) in [7, 11) is 0. The molecule has 0 bridgehead atoms. The molecule has 1 aliphatic carbocycles. The minimum atomic E-state index is -0.820. The van der Waals surface area contributed by atoms with Gasteiger partial charge in [0.25, 0.3) is 0 Å². The number of carbonyl (C=O) groups is 2. The van der Waals surface area contributed by atoms with Crippen molar-refractivity contribution >= 4 is 17.6 Å². The maximum Gasteiger partial charge on any atom is 0.310 e. The Labute approximate surface area is 112 Å². The van der Waals surface area contributed by atoms with Crippen LogP contribution < -0.4 is 4.90 Å². The molecular formula is C15H17NO3. The lowest BCUT2D eigenvalue weighted by Crippen LogP contribution is -2.43. The van der Waals surface area contributed by atoms with Gasteiger partial charge in [-0.2, -0.15) is 0 Å². The van der Waals surface area contributed by atoms with Crippen molar-refractivity contribution in [2.45, 2.75) is 32.1 Å². The van der Waals surface area contributed by atoms with E-state index in [9.17, 15) is 14.7 Å². The fraction of sp³-hybridized carbons (Fsp3) is 0.467. The Morgan fingerprint density at radius 2 is 2.00 bits per heavy atom. The molecule has 1 heterocycles. The van der Waals surface area contributed by atoms with E-state index in [2.05, 4.69) is 0 Å². The molecule has 0 atom stereocenters. The van der Waals surface area contributed by atoms with Crippen LogP contribution in [0.25, 0.3) is 0 Å². The summed E-state index contributed by atoms with van der Waals surface area (Å²) in [6, 6.07) is 7.85. The molecule has 1 fully saturated rings. The Hall–Kier alpha value is -1.84. The third-order valence-electron chi connectivity index (χ3n) is 4.44. The number of benzene rings is 1. The van der Waals surface area contributed by atoms with Crippen molar-refractivity contribution in [2.75, 3.05) is 11.4 Å². The zero-order valence-corrected chi connectivity index (χ0v) is 10.8. The van der Waals surface area contributed by atoms with Crippen LogP contribution in [0.4, 0.5) is 5.69 Å². The topological polar surface area (TPSA) is 57.6 Å². The van der Waals surface area contributed by atoms with Gasteiger partial charge in [0.2, 0.25) is 5.91 Å². The average Bonchev–Trinajstić information content (AvgIpc) is 2.77. The van der Waals surface area contributed by atoms with Gasteiger partial charge in [0.05, 0.1) is 5.41 Å². The lowest BCUT2D eigenvalue weighted by Gasteiger charge is -2.38. The first kappa shape index (κ1) is 12.2. The largest absolute Gasteiger partial charge is 0.481 e. The maximum atomic E-state index is 12.4. The van der Waals surface area contributed by atoms with Crippen molar-refractivity contribution in [3.05, 3.63) is 29.8 Å². The van der Waals surface area contributed by atoms with Gasteiger partial charge >= 0.3 is 5.97 Å². The van der Waals surface area contributed by atoms with Crippen LogP contribution >= 0.6 is 0 Å². The number of anilines is 1. The van der Waals surface area contributed by atoms with E-state index in [-0.39, 0.29) is 12.3 Å². The van der Waals surface area contributed by atoms with Crippen molar-refractivity contribution in [2.24, 2.45) is 5.41 Å². The van der Waals surface area contributed by atoms with Crippen LogP contribution in [0.5, 0.6) is 0 Å². The number of carboxylic acids is 1. The first-order valence-corrected chi connectivity index (χ1v) is 6.74. The summed E-state index contributed by atoms with van der Waals surface area (Å²) in [6.07, 6.45) is 3.17. The zero-order valence-electron chi connectivity index (χ0n) is 10.8. The molecule has 2 aliphatic rings. The van der Waals surface area contributed by atoms with E-state index in [4.69, 9.17) is 0 Å². The van der Waals surface area contributed by atoms with Crippen LogP contribution in [0, 0.1) is 5.41 Å². The van der Waals surface area contributed by atoms with Gasteiger partial charge < -0.3 is 10.0 Å². The number of carboxylic acid groups (broad SMARTS) is 1. The smallest absolute Gasteiger partial charge is 0.310 e. The van der Waals surface area contributed by atoms with Crippen molar-refractivity contribution in [1.82, 2.24) is 0 Å². The van der Waals surface area contributed by atoms with Gasteiger partial charge in [-0.05, 0) is 30.9 Å². The number of hydrogen-bond acceptors (Lipinski definition) is 2. The average molecular weight is 259 g/mol. The summed E-state index contributed by atoms with van der Waals surface area (Å²) < 4.78 is 0. The van der Waals surface area contributed by atoms with Crippen LogP contribution in [-0.4, -0.2) is 23.5 Å². The van der Waals surface area contributed by atoms with Gasteiger partial charge in [0.15, 0.2) is 0 Å². The number of para-hydroxylation sites is 1. The second-order valence-electron chi connectivity index (χ2n) is 5.54. The first-order valence-electron chi connectivity index (χ1n) is 6.74. The molecule has 0 unspecified atom stereocenters. The molecule has 3 rings (SSSR count). The van der Waals surface area contributed by atoms with Crippen molar-refractivity contribution in [1.29, 1.82) is 0 Å². The highest BCUT2D eigenvalue weighted by molar-refractivity contribution is 5.98. The van der Waals surface area contributed by atoms with E-state index < -0.39 is 11.4 Å². The number of rotatable bonds is 3. The van der Waals surface area contributed by atoms with Gasteiger partial charge in [0, 0.05) is 18.7 Å². The molecular weight excluding hydrogens is 242 g/mol. The Kier molecular flexibility index (Phi) is 2.81. The molecule has 1 N–H and O–H groups in total. The molecule has 1 aliphatic heterocycles. The molecule has 100 valence electrons. The predicted molar refractivity (Wildman–Crippen MR) is 71.0 cm³/mol. The van der Waals surface area contributed by atoms with Crippen LogP contribution in [-0.2, 0) is 16.0 Å². The lowest BCUT2D eigenvalue weighted by atomic mass is 9.66. The number of hydrogen-bond donors (Lipinski definition) is 1. The molecule has 4 nitrogen and oxygen atoms in total. The number of carbonyl (C=O) groups excluding carboxylic acids is 1. The van der Waals surface area contributed by atoms with E-state index in [1.807, 2.05) is 24.3 Å². The highest BCUT2D eigenvalue weighted by atomic mass is 16.4. The van der Waals surface area contributed by atoms with Gasteiger partial charge in [-0.3, -0.25) is 9.59 Å². The molecule has 1 aromatic rings. The number of amides is 1. The number of fused-ring (bicyclic) bond motifs is 1. The van der Waals surface area contributed by atoms with Crippen LogP contribution in [0.2, 0.25) is 0 Å². The van der Waals surface area contributed by atoms with E-state index >= 15 is 0 Å². The fourth-order valence-electron chi connectivity index (χ4n) is 3.05. The molecule has 0 saturated heterocycles. The zero-order chi connectivity index (χ0) is 13.5. The molecule has 1 saturated carbocycles. The van der Waals surface area contributed by atoms with Crippen LogP contribution in [0.1, 0.15) is 31.2 Å². The summed E-state index contributed by atoms with van der Waals surface area (Å²) in [5.41, 5.74) is 1.33. The second kappa shape index (κ2) is 4.37. The fourth-order valence-corrected chi connectivity index (χ4v) is 3.05. The molecule has 19 heavy (non-hydrogen) atoms. The first-order chi connectivity index (χ1) is 9.12. The highest BCUT2D eigenvalue weighted by Gasteiger charge is 2.47. The third-order valence-corrected chi connectivity index (χ3v) is 4.44. The van der Waals surface area contributed by atoms with Gasteiger partial charge in [0.1, 0.15) is 0 Å². The summed E-state index contributed by atoms with van der Waals surface area (Å²) in [4.78, 5) is 25.5. The maximum absolute atomic E-state index is 12.4. The third kappa shape index (κ3) is 1.91. The summed E-state index contributed by atoms with van der Waals surface area (Å²) in [6.45, 7) is 0.674. The number of aliphatic carboxylic acids is 1. The Bertz CT molecular complexity index is 534. The van der Waals surface area contributed by atoms with Crippen molar-refractivity contribution in [3.8, 4) is 0 Å². The SMILES string of the molecule is O=C(CC1(C(=O)O)CCC1)N1CCc2ccccc21. The quantitative estimate of drug-likeness (QED) is 0.905. The molecule has 0 spiro atoms. The van der Waals surface area contributed by atoms with Crippen molar-refractivity contribution < 1.29 is 14.7 Å². The predicted octanol–water partition coefficient (Wildman–Crippen LogP) is 2.22. The summed E-state index contributed by atoms with van der Waals surface area (Å²) in [5, 5.41) is 9.30. The van der Waals surface area contributed by atoms with Crippen LogP contribution in [0.15, 0.2) is 24.3 Å². The molecule has 1 amide bonds. The van der Waals surface area contributed by atoms with Crippen LogP contribution in [0.3, 0.4) is 0 Å². The monoisotopic (exact) mass is 259 g/mol. The Balaban J connectivity index is 1.77. The molecule has 4 heteroatoms. The van der Waals surface area contributed by atoms with Crippen molar-refractivity contribution in [3.63, 3.8) is 0 Å². The van der Waals surface area contributed by atoms with Gasteiger partial charge in [-0.15, -0.1) is 0 Å². The van der Waals surface area contributed by atoms with Gasteiger partial charge in [-0.1, -0.05) is 24.6 Å². The highest BCUT2D eigenvalue weighted by Crippen LogP contribution is 2.45. The minimum Gasteiger partial charge on any atom is -0.481 e. The Morgan fingerprint density at radius 3 is 2.63 bits per heavy atom. The van der Waals surface area contributed by atoms with E-state index in [1.54, 1.807) is 4.90 Å². The lowest BCUT2D eigenvalue weighted by molar-refractivity contribution is -0.157. The Morgan fingerprint density at radius 1 is 1.26 bits per heavy atom.